The SMILES string of the molecule is CC(CCc1ccc(OC(C)C)cc1)Nc1ncc(C(N)=O)cc1Cl. The van der Waals surface area contributed by atoms with Gasteiger partial charge in [-0.15, -0.1) is 0 Å². The lowest BCUT2D eigenvalue weighted by Gasteiger charge is -2.16. The van der Waals surface area contributed by atoms with Crippen molar-refractivity contribution in [3.05, 3.63) is 52.7 Å². The minimum absolute atomic E-state index is 0.174. The summed E-state index contributed by atoms with van der Waals surface area (Å²) in [7, 11) is 0. The second kappa shape index (κ2) is 8.72. The van der Waals surface area contributed by atoms with Gasteiger partial charge < -0.3 is 15.8 Å². The number of hydrogen-bond acceptors (Lipinski definition) is 4. The first-order chi connectivity index (χ1) is 11.8. The van der Waals surface area contributed by atoms with Crippen molar-refractivity contribution in [2.45, 2.75) is 45.8 Å². The predicted molar refractivity (Wildman–Crippen MR) is 101 cm³/mol. The Kier molecular flexibility index (Phi) is 6.65. The van der Waals surface area contributed by atoms with Crippen molar-refractivity contribution in [3.8, 4) is 5.75 Å². The molecule has 2 rings (SSSR count). The molecule has 0 radical (unpaired) electrons. The number of carbonyl (C=O) groups is 1. The highest BCUT2D eigenvalue weighted by Gasteiger charge is 2.10. The van der Waals surface area contributed by atoms with Gasteiger partial charge in [0.05, 0.1) is 16.7 Å². The maximum absolute atomic E-state index is 11.1. The summed E-state index contributed by atoms with van der Waals surface area (Å²) in [5.41, 5.74) is 6.76. The molecule has 0 fully saturated rings. The molecule has 1 aromatic carbocycles. The molecular weight excluding hydrogens is 338 g/mol. The number of ether oxygens (including phenoxy) is 1. The first kappa shape index (κ1) is 19.1. The molecule has 1 heterocycles. The molecule has 6 heteroatoms. The first-order valence-electron chi connectivity index (χ1n) is 8.32. The molecular formula is C19H24ClN3O2. The minimum Gasteiger partial charge on any atom is -0.491 e. The van der Waals surface area contributed by atoms with Gasteiger partial charge in [0.25, 0.3) is 0 Å². The number of anilines is 1. The van der Waals surface area contributed by atoms with Crippen LogP contribution in [0.4, 0.5) is 5.82 Å². The quantitative estimate of drug-likeness (QED) is 0.743. The van der Waals surface area contributed by atoms with E-state index in [0.29, 0.717) is 16.4 Å². The molecule has 0 aliphatic heterocycles. The standard InChI is InChI=1S/C19H24ClN3O2/c1-12(2)25-16-8-6-14(7-9-16)5-4-13(3)23-19-17(20)10-15(11-22-19)18(21)24/h6-13H,4-5H2,1-3H3,(H2,21,24)(H,22,23). The molecule has 1 atom stereocenters. The van der Waals surface area contributed by atoms with Crippen molar-refractivity contribution in [2.24, 2.45) is 5.73 Å². The zero-order valence-electron chi connectivity index (χ0n) is 14.8. The van der Waals surface area contributed by atoms with Crippen LogP contribution in [0.1, 0.15) is 43.1 Å². The lowest BCUT2D eigenvalue weighted by Crippen LogP contribution is -2.18. The predicted octanol–water partition coefficient (Wildman–Crippen LogP) is 4.05. The van der Waals surface area contributed by atoms with Crippen molar-refractivity contribution >= 4 is 23.3 Å². The van der Waals surface area contributed by atoms with E-state index in [1.165, 1.54) is 17.8 Å². The van der Waals surface area contributed by atoms with E-state index >= 15 is 0 Å². The van der Waals surface area contributed by atoms with Gasteiger partial charge in [-0.1, -0.05) is 23.7 Å². The van der Waals surface area contributed by atoms with Crippen LogP contribution in [-0.4, -0.2) is 23.0 Å². The Bertz CT molecular complexity index is 717. The number of nitrogens with two attached hydrogens (primary N) is 1. The Morgan fingerprint density at radius 1 is 1.28 bits per heavy atom. The van der Waals surface area contributed by atoms with E-state index in [9.17, 15) is 4.79 Å². The summed E-state index contributed by atoms with van der Waals surface area (Å²) in [5, 5.41) is 3.65. The molecule has 1 amide bonds. The molecule has 0 saturated heterocycles. The third-order valence-corrected chi connectivity index (χ3v) is 3.96. The molecule has 2 aromatic rings. The van der Waals surface area contributed by atoms with Gasteiger partial charge in [0.2, 0.25) is 5.91 Å². The van der Waals surface area contributed by atoms with Crippen LogP contribution in [0, 0.1) is 0 Å². The van der Waals surface area contributed by atoms with E-state index < -0.39 is 5.91 Å². The van der Waals surface area contributed by atoms with Crippen LogP contribution in [-0.2, 0) is 6.42 Å². The molecule has 134 valence electrons. The average molecular weight is 362 g/mol. The van der Waals surface area contributed by atoms with E-state index in [1.54, 1.807) is 0 Å². The third-order valence-electron chi connectivity index (χ3n) is 3.67. The Balaban J connectivity index is 1.88. The number of rotatable bonds is 8. The highest BCUT2D eigenvalue weighted by atomic mass is 35.5. The highest BCUT2D eigenvalue weighted by Crippen LogP contribution is 2.22. The number of halogens is 1. The summed E-state index contributed by atoms with van der Waals surface area (Å²) in [4.78, 5) is 15.3. The number of aromatic nitrogens is 1. The third kappa shape index (κ3) is 5.94. The van der Waals surface area contributed by atoms with Crippen LogP contribution in [0.25, 0.3) is 0 Å². The van der Waals surface area contributed by atoms with Gasteiger partial charge in [-0.2, -0.15) is 0 Å². The van der Waals surface area contributed by atoms with Gasteiger partial charge in [0.15, 0.2) is 0 Å². The van der Waals surface area contributed by atoms with Crippen LogP contribution in [0.3, 0.4) is 0 Å². The molecule has 0 spiro atoms. The number of aryl methyl sites for hydroxylation is 1. The number of amides is 1. The summed E-state index contributed by atoms with van der Waals surface area (Å²) >= 11 is 6.15. The van der Waals surface area contributed by atoms with Crippen molar-refractivity contribution in [1.82, 2.24) is 4.98 Å². The Labute approximate surface area is 153 Å². The molecule has 5 nitrogen and oxygen atoms in total. The topological polar surface area (TPSA) is 77.2 Å². The number of primary amides is 1. The first-order valence-corrected chi connectivity index (χ1v) is 8.70. The average Bonchev–Trinajstić information content (AvgIpc) is 2.55. The maximum Gasteiger partial charge on any atom is 0.250 e. The summed E-state index contributed by atoms with van der Waals surface area (Å²) in [6.45, 7) is 6.09. The lowest BCUT2D eigenvalue weighted by atomic mass is 10.1. The van der Waals surface area contributed by atoms with Gasteiger partial charge in [-0.3, -0.25) is 4.79 Å². The summed E-state index contributed by atoms with van der Waals surface area (Å²) < 4.78 is 5.65. The second-order valence-electron chi connectivity index (χ2n) is 6.31. The van der Waals surface area contributed by atoms with Gasteiger partial charge in [0, 0.05) is 12.2 Å². The van der Waals surface area contributed by atoms with Crippen LogP contribution in [0.2, 0.25) is 5.02 Å². The number of nitrogens with zero attached hydrogens (tertiary/aromatic N) is 1. The Hall–Kier alpha value is -2.27. The van der Waals surface area contributed by atoms with E-state index in [1.807, 2.05) is 26.0 Å². The Morgan fingerprint density at radius 3 is 2.52 bits per heavy atom. The fourth-order valence-electron chi connectivity index (χ4n) is 2.37. The van der Waals surface area contributed by atoms with Crippen LogP contribution in [0.5, 0.6) is 5.75 Å². The van der Waals surface area contributed by atoms with Crippen molar-refractivity contribution < 1.29 is 9.53 Å². The molecule has 25 heavy (non-hydrogen) atoms. The van der Waals surface area contributed by atoms with E-state index in [-0.39, 0.29) is 12.1 Å². The molecule has 0 saturated carbocycles. The zero-order chi connectivity index (χ0) is 18.4. The Morgan fingerprint density at radius 2 is 1.96 bits per heavy atom. The number of carbonyl (C=O) groups excluding carboxylic acids is 1. The van der Waals surface area contributed by atoms with Gasteiger partial charge in [0.1, 0.15) is 11.6 Å². The van der Waals surface area contributed by atoms with Crippen molar-refractivity contribution in [2.75, 3.05) is 5.32 Å². The fraction of sp³-hybridized carbons (Fsp3) is 0.368. The smallest absolute Gasteiger partial charge is 0.250 e. The molecule has 0 aliphatic rings. The fourth-order valence-corrected chi connectivity index (χ4v) is 2.60. The molecule has 1 aromatic heterocycles. The number of nitrogens with one attached hydrogen (secondary N) is 1. The van der Waals surface area contributed by atoms with Crippen LogP contribution >= 0.6 is 11.6 Å². The summed E-state index contributed by atoms with van der Waals surface area (Å²) in [6, 6.07) is 9.85. The molecule has 3 N–H and O–H groups in total. The van der Waals surface area contributed by atoms with Gasteiger partial charge in [-0.05, 0) is 57.4 Å². The number of benzene rings is 1. The molecule has 0 aliphatic carbocycles. The molecule has 1 unspecified atom stereocenters. The monoisotopic (exact) mass is 361 g/mol. The van der Waals surface area contributed by atoms with E-state index in [0.717, 1.165) is 18.6 Å². The van der Waals surface area contributed by atoms with Crippen LogP contribution in [0.15, 0.2) is 36.5 Å². The van der Waals surface area contributed by atoms with Crippen molar-refractivity contribution in [1.29, 1.82) is 0 Å². The van der Waals surface area contributed by atoms with Gasteiger partial charge in [-0.25, -0.2) is 4.98 Å². The van der Waals surface area contributed by atoms with Gasteiger partial charge >= 0.3 is 0 Å². The summed E-state index contributed by atoms with van der Waals surface area (Å²) in [5.74, 6) is 0.897. The van der Waals surface area contributed by atoms with E-state index in [4.69, 9.17) is 22.1 Å². The maximum atomic E-state index is 11.1. The number of pyridine rings is 1. The number of hydrogen-bond donors (Lipinski definition) is 2. The second-order valence-corrected chi connectivity index (χ2v) is 6.72. The minimum atomic E-state index is -0.543. The molecule has 0 bridgehead atoms. The van der Waals surface area contributed by atoms with Crippen molar-refractivity contribution in [3.63, 3.8) is 0 Å². The van der Waals surface area contributed by atoms with E-state index in [2.05, 4.69) is 29.4 Å². The summed E-state index contributed by atoms with van der Waals surface area (Å²) in [6.07, 6.45) is 3.44. The normalized spacial score (nSPS) is 12.0. The van der Waals surface area contributed by atoms with Crippen LogP contribution < -0.4 is 15.8 Å². The highest BCUT2D eigenvalue weighted by molar-refractivity contribution is 6.33. The zero-order valence-corrected chi connectivity index (χ0v) is 15.5. The largest absolute Gasteiger partial charge is 0.491 e. The lowest BCUT2D eigenvalue weighted by molar-refractivity contribution is 0.1000.